The van der Waals surface area contributed by atoms with Crippen molar-refractivity contribution in [2.24, 2.45) is 5.92 Å². The zero-order valence-corrected chi connectivity index (χ0v) is 17.9. The van der Waals surface area contributed by atoms with Gasteiger partial charge in [0.25, 0.3) is 0 Å². The van der Waals surface area contributed by atoms with Crippen LogP contribution in [0.3, 0.4) is 0 Å². The molecule has 2 aromatic carbocycles. The third-order valence-corrected chi connectivity index (χ3v) is 6.35. The van der Waals surface area contributed by atoms with Crippen LogP contribution in [0.4, 0.5) is 13.2 Å². The van der Waals surface area contributed by atoms with E-state index < -0.39 is 23.4 Å². The van der Waals surface area contributed by atoms with Gasteiger partial charge in [0.15, 0.2) is 0 Å². The van der Waals surface area contributed by atoms with Crippen LogP contribution in [-0.2, 0) is 21.2 Å². The van der Waals surface area contributed by atoms with E-state index in [-0.39, 0.29) is 12.5 Å². The van der Waals surface area contributed by atoms with Crippen LogP contribution in [0.15, 0.2) is 48.5 Å². The molecule has 0 aromatic heterocycles. The number of halogens is 3. The van der Waals surface area contributed by atoms with E-state index >= 15 is 0 Å². The first kappa shape index (κ1) is 22.8. The minimum Gasteiger partial charge on any atom is -0.371 e. The summed E-state index contributed by atoms with van der Waals surface area (Å²) in [6.07, 6.45) is -2.61. The number of thiol groups is 1. The van der Waals surface area contributed by atoms with Crippen molar-refractivity contribution in [3.05, 3.63) is 70.8 Å². The number of ether oxygens (including phenoxy) is 1. The van der Waals surface area contributed by atoms with Crippen LogP contribution in [-0.4, -0.2) is 23.7 Å². The molecule has 1 aliphatic heterocycles. The summed E-state index contributed by atoms with van der Waals surface area (Å²) >= 11 is 4.67. The van der Waals surface area contributed by atoms with Gasteiger partial charge in [-0.05, 0) is 49.9 Å². The highest BCUT2D eigenvalue weighted by atomic mass is 32.1. The fourth-order valence-electron chi connectivity index (χ4n) is 3.99. The molecule has 0 bridgehead atoms. The lowest BCUT2D eigenvalue weighted by atomic mass is 9.80. The topological polar surface area (TPSA) is 29.5 Å². The van der Waals surface area contributed by atoms with Crippen molar-refractivity contribution >= 4 is 19.1 Å². The number of piperidine rings is 1. The van der Waals surface area contributed by atoms with E-state index in [2.05, 4.69) is 12.8 Å². The number of hydrogen-bond donors (Lipinski definition) is 1. The quantitative estimate of drug-likeness (QED) is 0.461. The third-order valence-electron chi connectivity index (χ3n) is 5.80. The molecule has 7 heteroatoms. The van der Waals surface area contributed by atoms with Gasteiger partial charge in [0.1, 0.15) is 6.29 Å². The number of hydrogen-bond acceptors (Lipinski definition) is 4. The summed E-state index contributed by atoms with van der Waals surface area (Å²) in [5.74, 6) is -0.0946. The van der Waals surface area contributed by atoms with Crippen molar-refractivity contribution < 1.29 is 22.7 Å². The Kier molecular flexibility index (Phi) is 6.95. The number of benzene rings is 2. The standard InChI is InChI=1S/C23H26F3NO2S/c1-16-10-19(12-21(11-16)23(24,25)26)17(2)29-15-22(20-6-4-3-5-7-20)9-8-18(14-28)13-27(22)30/h3-7,10-12,14,17-18,30H,8-9,13,15H2,1-2H3/t17?,18?,22-/m1/s1. The highest BCUT2D eigenvalue weighted by molar-refractivity contribution is 7.77. The lowest BCUT2D eigenvalue weighted by molar-refractivity contribution is -0.137. The first-order valence-electron chi connectivity index (χ1n) is 9.93. The molecule has 0 radical (unpaired) electrons. The zero-order chi connectivity index (χ0) is 21.9. The zero-order valence-electron chi connectivity index (χ0n) is 17.0. The first-order valence-corrected chi connectivity index (χ1v) is 10.3. The Morgan fingerprint density at radius 2 is 1.97 bits per heavy atom. The summed E-state index contributed by atoms with van der Waals surface area (Å²) in [4.78, 5) is 11.3. The second-order valence-corrected chi connectivity index (χ2v) is 8.48. The molecule has 0 spiro atoms. The summed E-state index contributed by atoms with van der Waals surface area (Å²) in [6, 6.07) is 13.8. The molecule has 2 aromatic rings. The normalized spacial score (nSPS) is 23.9. The molecule has 30 heavy (non-hydrogen) atoms. The second-order valence-electron chi connectivity index (χ2n) is 8.00. The molecule has 3 nitrogen and oxygen atoms in total. The summed E-state index contributed by atoms with van der Waals surface area (Å²) in [5, 5.41) is 0. The molecule has 3 rings (SSSR count). The van der Waals surface area contributed by atoms with Crippen molar-refractivity contribution in [3.63, 3.8) is 0 Å². The van der Waals surface area contributed by atoms with Crippen LogP contribution >= 0.6 is 12.8 Å². The number of aryl methyl sites for hydroxylation is 1. The van der Waals surface area contributed by atoms with E-state index in [1.807, 2.05) is 34.6 Å². The molecule has 1 fully saturated rings. The van der Waals surface area contributed by atoms with Crippen molar-refractivity contribution in [1.29, 1.82) is 0 Å². The Balaban J connectivity index is 1.85. The molecule has 3 atom stereocenters. The van der Waals surface area contributed by atoms with Gasteiger partial charge < -0.3 is 9.53 Å². The number of rotatable bonds is 6. The molecule has 1 aliphatic rings. The lowest BCUT2D eigenvalue weighted by Crippen LogP contribution is -2.50. The number of alkyl halides is 3. The molecule has 0 N–H and O–H groups in total. The number of carbonyl (C=O) groups is 1. The molecular formula is C23H26F3NO2S. The van der Waals surface area contributed by atoms with Crippen LogP contribution in [0.2, 0.25) is 0 Å². The Labute approximate surface area is 180 Å². The average molecular weight is 438 g/mol. The third kappa shape index (κ3) is 4.90. The van der Waals surface area contributed by atoms with Crippen LogP contribution in [0.25, 0.3) is 0 Å². The van der Waals surface area contributed by atoms with Crippen molar-refractivity contribution in [2.45, 2.75) is 44.5 Å². The molecule has 0 saturated carbocycles. The smallest absolute Gasteiger partial charge is 0.371 e. The van der Waals surface area contributed by atoms with E-state index in [9.17, 15) is 18.0 Å². The van der Waals surface area contributed by atoms with Gasteiger partial charge >= 0.3 is 6.18 Å². The Morgan fingerprint density at radius 3 is 2.57 bits per heavy atom. The fraction of sp³-hybridized carbons (Fsp3) is 0.435. The highest BCUT2D eigenvalue weighted by Gasteiger charge is 2.42. The Hall–Kier alpha value is -1.83. The van der Waals surface area contributed by atoms with Gasteiger partial charge in [-0.3, -0.25) is 0 Å². The summed E-state index contributed by atoms with van der Waals surface area (Å²) in [7, 11) is 0. The predicted molar refractivity (Wildman–Crippen MR) is 113 cm³/mol. The number of carbonyl (C=O) groups excluding carboxylic acids is 1. The first-order chi connectivity index (χ1) is 14.2. The van der Waals surface area contributed by atoms with Crippen LogP contribution in [0.5, 0.6) is 0 Å². The number of aldehydes is 1. The molecule has 1 saturated heterocycles. The van der Waals surface area contributed by atoms with Gasteiger partial charge in [-0.15, -0.1) is 0 Å². The number of nitrogens with zero attached hydrogens (tertiary/aromatic N) is 1. The maximum Gasteiger partial charge on any atom is 0.416 e. The lowest BCUT2D eigenvalue weighted by Gasteiger charge is -2.46. The van der Waals surface area contributed by atoms with Crippen molar-refractivity contribution in [1.82, 2.24) is 4.31 Å². The highest BCUT2D eigenvalue weighted by Crippen LogP contribution is 2.42. The van der Waals surface area contributed by atoms with Gasteiger partial charge in [-0.2, -0.15) is 13.2 Å². The van der Waals surface area contributed by atoms with E-state index in [1.165, 1.54) is 0 Å². The summed E-state index contributed by atoms with van der Waals surface area (Å²) in [6.45, 7) is 4.14. The largest absolute Gasteiger partial charge is 0.416 e. The monoisotopic (exact) mass is 437 g/mol. The predicted octanol–water partition coefficient (Wildman–Crippen LogP) is 5.74. The van der Waals surface area contributed by atoms with Crippen molar-refractivity contribution in [3.8, 4) is 0 Å². The minimum atomic E-state index is -4.40. The Morgan fingerprint density at radius 1 is 1.27 bits per heavy atom. The van der Waals surface area contributed by atoms with Gasteiger partial charge in [0.2, 0.25) is 0 Å². The van der Waals surface area contributed by atoms with Crippen LogP contribution in [0, 0.1) is 12.8 Å². The van der Waals surface area contributed by atoms with E-state index in [1.54, 1.807) is 19.9 Å². The van der Waals surface area contributed by atoms with Crippen molar-refractivity contribution in [2.75, 3.05) is 13.2 Å². The van der Waals surface area contributed by atoms with Gasteiger partial charge in [-0.25, -0.2) is 4.31 Å². The van der Waals surface area contributed by atoms with Gasteiger partial charge in [0.05, 0.1) is 23.8 Å². The fourth-order valence-corrected chi connectivity index (χ4v) is 4.48. The van der Waals surface area contributed by atoms with Gasteiger partial charge in [0, 0.05) is 12.5 Å². The maximum atomic E-state index is 13.2. The van der Waals surface area contributed by atoms with E-state index in [4.69, 9.17) is 4.74 Å². The molecule has 1 heterocycles. The molecule has 2 unspecified atom stereocenters. The maximum absolute atomic E-state index is 13.2. The summed E-state index contributed by atoms with van der Waals surface area (Å²) < 4.78 is 47.6. The second kappa shape index (κ2) is 9.12. The average Bonchev–Trinajstić information content (AvgIpc) is 2.72. The Bertz CT molecular complexity index is 874. The van der Waals surface area contributed by atoms with Gasteiger partial charge in [-0.1, -0.05) is 54.8 Å². The molecule has 0 aliphatic carbocycles. The summed E-state index contributed by atoms with van der Waals surface area (Å²) in [5.41, 5.74) is 0.799. The van der Waals surface area contributed by atoms with Crippen LogP contribution < -0.4 is 0 Å². The molecule has 0 amide bonds. The SMILES string of the molecule is Cc1cc(C(C)OC[C@@]2(c3ccccc3)CCC(C=O)CN2S)cc(C(F)(F)F)c1. The molecule has 162 valence electrons. The molecular weight excluding hydrogens is 411 g/mol. The van der Waals surface area contributed by atoms with E-state index in [0.717, 1.165) is 24.0 Å². The van der Waals surface area contributed by atoms with Crippen LogP contribution in [0.1, 0.15) is 48.1 Å². The van der Waals surface area contributed by atoms with E-state index in [0.29, 0.717) is 30.5 Å². The minimum absolute atomic E-state index is 0.0946.